The highest BCUT2D eigenvalue weighted by atomic mass is 32.1. The number of para-hydroxylation sites is 2. The quantitative estimate of drug-likeness (QED) is 0.201. The van der Waals surface area contributed by atoms with Gasteiger partial charge in [-0.25, -0.2) is 4.98 Å². The lowest BCUT2D eigenvalue weighted by Crippen LogP contribution is -2.47. The molecule has 0 fully saturated rings. The second-order valence-electron chi connectivity index (χ2n) is 12.5. The van der Waals surface area contributed by atoms with Gasteiger partial charge in [0.25, 0.3) is 5.91 Å². The molecule has 46 heavy (non-hydrogen) atoms. The Hall–Kier alpha value is -5.21. The number of furan rings is 1. The molecule has 0 bridgehead atoms. The summed E-state index contributed by atoms with van der Waals surface area (Å²) in [6, 6.07) is 27.8. The molecule has 0 saturated carbocycles. The Balaban J connectivity index is 1.39. The van der Waals surface area contributed by atoms with Crippen LogP contribution in [0.5, 0.6) is 0 Å². The smallest absolute Gasteiger partial charge is 0.259 e. The zero-order valence-electron chi connectivity index (χ0n) is 26.0. The molecule has 2 aliphatic rings. The third kappa shape index (κ3) is 4.28. The number of carbonyl (C=O) groups excluding carboxylic acids is 2. The van der Waals surface area contributed by atoms with Crippen molar-refractivity contribution in [3.05, 3.63) is 131 Å². The fourth-order valence-electron chi connectivity index (χ4n) is 7.34. The number of thiazole rings is 1. The zero-order chi connectivity index (χ0) is 31.7. The normalized spacial score (nSPS) is 16.5. The van der Waals surface area contributed by atoms with Crippen LogP contribution in [-0.2, 0) is 11.3 Å². The molecule has 0 saturated heterocycles. The highest BCUT2D eigenvalue weighted by Gasteiger charge is 2.50. The number of nitrogens with zero attached hydrogens (tertiary/aromatic N) is 3. The average molecular weight is 625 g/mol. The molecule has 8 rings (SSSR count). The average Bonchev–Trinajstić information content (AvgIpc) is 3.81. The Morgan fingerprint density at radius 1 is 0.978 bits per heavy atom. The van der Waals surface area contributed by atoms with Gasteiger partial charge in [-0.05, 0) is 68.7 Å². The maximum Gasteiger partial charge on any atom is 0.259 e. The Bertz CT molecular complexity index is 2170. The van der Waals surface area contributed by atoms with Crippen LogP contribution in [0.4, 0.5) is 10.8 Å². The maximum atomic E-state index is 14.9. The van der Waals surface area contributed by atoms with E-state index in [0.29, 0.717) is 22.8 Å². The minimum absolute atomic E-state index is 0.0439. The summed E-state index contributed by atoms with van der Waals surface area (Å²) in [4.78, 5) is 36.1. The number of rotatable bonds is 6. The first-order valence-corrected chi connectivity index (χ1v) is 16.2. The molecule has 1 unspecified atom stereocenters. The molecule has 3 aromatic heterocycles. The SMILES string of the molecule is CC1=CC(C)(C)N2C(=O)C(c3c(C(=O)Nc4nc5ccccc5s4)c(C)n(Cc4ccco4)c3-c3ccccc3)c3cccc1c32. The Morgan fingerprint density at radius 2 is 1.76 bits per heavy atom. The van der Waals surface area contributed by atoms with E-state index < -0.39 is 11.5 Å². The molecule has 5 heterocycles. The first kappa shape index (κ1) is 28.3. The lowest BCUT2D eigenvalue weighted by Gasteiger charge is -2.39. The summed E-state index contributed by atoms with van der Waals surface area (Å²) in [6.45, 7) is 8.59. The summed E-state index contributed by atoms with van der Waals surface area (Å²) in [7, 11) is 0. The molecule has 1 atom stereocenters. The van der Waals surface area contributed by atoms with Crippen molar-refractivity contribution in [1.29, 1.82) is 0 Å². The molecular formula is C38H32N4O3S. The minimum Gasteiger partial charge on any atom is -0.467 e. The molecule has 8 heteroatoms. The van der Waals surface area contributed by atoms with Crippen LogP contribution in [0, 0.1) is 6.92 Å². The molecule has 2 amide bonds. The summed E-state index contributed by atoms with van der Waals surface area (Å²) in [5.41, 5.74) is 7.94. The van der Waals surface area contributed by atoms with Crippen molar-refractivity contribution in [2.24, 2.45) is 0 Å². The van der Waals surface area contributed by atoms with Gasteiger partial charge in [-0.3, -0.25) is 14.9 Å². The summed E-state index contributed by atoms with van der Waals surface area (Å²) >= 11 is 1.43. The highest BCUT2D eigenvalue weighted by molar-refractivity contribution is 7.22. The number of aromatic nitrogens is 2. The summed E-state index contributed by atoms with van der Waals surface area (Å²) in [5, 5.41) is 3.62. The lowest BCUT2D eigenvalue weighted by molar-refractivity contribution is -0.119. The number of nitrogens with one attached hydrogen (secondary N) is 1. The second-order valence-corrected chi connectivity index (χ2v) is 13.6. The van der Waals surface area contributed by atoms with Crippen molar-refractivity contribution in [3.8, 4) is 11.3 Å². The number of hydrogen-bond donors (Lipinski definition) is 1. The fraction of sp³-hybridized carbons (Fsp3) is 0.184. The van der Waals surface area contributed by atoms with Crippen LogP contribution < -0.4 is 10.2 Å². The van der Waals surface area contributed by atoms with Crippen LogP contribution in [0.15, 0.2) is 102 Å². The molecule has 7 nitrogen and oxygen atoms in total. The Morgan fingerprint density at radius 3 is 2.52 bits per heavy atom. The van der Waals surface area contributed by atoms with Gasteiger partial charge >= 0.3 is 0 Å². The number of allylic oxidation sites excluding steroid dienone is 1. The van der Waals surface area contributed by atoms with E-state index in [1.807, 2.05) is 90.7 Å². The van der Waals surface area contributed by atoms with E-state index in [9.17, 15) is 9.59 Å². The largest absolute Gasteiger partial charge is 0.467 e. The van der Waals surface area contributed by atoms with Gasteiger partial charge in [0.15, 0.2) is 5.13 Å². The molecule has 0 spiro atoms. The van der Waals surface area contributed by atoms with E-state index in [-0.39, 0.29) is 11.8 Å². The molecule has 6 aromatic rings. The summed E-state index contributed by atoms with van der Waals surface area (Å²) in [5.74, 6) is -0.288. The summed E-state index contributed by atoms with van der Waals surface area (Å²) < 4.78 is 8.91. The monoisotopic (exact) mass is 624 g/mol. The van der Waals surface area contributed by atoms with Gasteiger partial charge in [-0.15, -0.1) is 0 Å². The minimum atomic E-state index is -0.698. The van der Waals surface area contributed by atoms with E-state index in [1.165, 1.54) is 11.3 Å². The van der Waals surface area contributed by atoms with Crippen molar-refractivity contribution in [2.75, 3.05) is 10.2 Å². The maximum absolute atomic E-state index is 14.9. The van der Waals surface area contributed by atoms with Crippen LogP contribution in [0.1, 0.15) is 65.2 Å². The molecule has 0 radical (unpaired) electrons. The topological polar surface area (TPSA) is 80.4 Å². The Labute approximate surface area is 270 Å². The van der Waals surface area contributed by atoms with Crippen molar-refractivity contribution < 1.29 is 14.0 Å². The fourth-order valence-corrected chi connectivity index (χ4v) is 8.20. The lowest BCUT2D eigenvalue weighted by atomic mass is 9.85. The standard InChI is InChI=1S/C38H32N4O3S/c1-22-20-38(3,4)42-34-26(22)15-10-16-27(34)31(36(42)44)32-30(35(43)40-37-39-28-17-8-9-18-29(28)46-37)23(2)41(21-25-14-11-19-45-25)33(32)24-12-6-5-7-13-24/h5-20,31H,21H2,1-4H3,(H,39,40,43). The predicted octanol–water partition coefficient (Wildman–Crippen LogP) is 8.64. The first-order valence-electron chi connectivity index (χ1n) is 15.4. The van der Waals surface area contributed by atoms with Crippen LogP contribution in [0.25, 0.3) is 27.0 Å². The third-order valence-electron chi connectivity index (χ3n) is 9.17. The van der Waals surface area contributed by atoms with Crippen LogP contribution in [0.3, 0.4) is 0 Å². The molecule has 2 aliphatic heterocycles. The summed E-state index contributed by atoms with van der Waals surface area (Å²) in [6.07, 6.45) is 3.81. The molecular weight excluding hydrogens is 593 g/mol. The molecule has 1 N–H and O–H groups in total. The van der Waals surface area contributed by atoms with Crippen molar-refractivity contribution in [3.63, 3.8) is 0 Å². The van der Waals surface area contributed by atoms with E-state index in [1.54, 1.807) is 6.26 Å². The Kier molecular flexibility index (Phi) is 6.41. The number of carbonyl (C=O) groups is 2. The van der Waals surface area contributed by atoms with E-state index in [2.05, 4.69) is 47.8 Å². The van der Waals surface area contributed by atoms with Crippen LogP contribution in [-0.4, -0.2) is 26.9 Å². The third-order valence-corrected chi connectivity index (χ3v) is 10.1. The van der Waals surface area contributed by atoms with Gasteiger partial charge in [-0.2, -0.15) is 0 Å². The van der Waals surface area contributed by atoms with Gasteiger partial charge in [-0.1, -0.05) is 78.1 Å². The molecule has 0 aliphatic carbocycles. The van der Waals surface area contributed by atoms with E-state index in [4.69, 9.17) is 4.42 Å². The number of hydrogen-bond acceptors (Lipinski definition) is 5. The van der Waals surface area contributed by atoms with E-state index in [0.717, 1.165) is 55.3 Å². The number of anilines is 2. The first-order chi connectivity index (χ1) is 22.2. The van der Waals surface area contributed by atoms with Gasteiger partial charge < -0.3 is 13.9 Å². The second kappa shape index (κ2) is 10.4. The van der Waals surface area contributed by atoms with Crippen LogP contribution >= 0.6 is 11.3 Å². The van der Waals surface area contributed by atoms with Crippen molar-refractivity contribution in [1.82, 2.24) is 9.55 Å². The van der Waals surface area contributed by atoms with Crippen LogP contribution in [0.2, 0.25) is 0 Å². The van der Waals surface area contributed by atoms with E-state index >= 15 is 0 Å². The highest BCUT2D eigenvalue weighted by Crippen LogP contribution is 2.53. The van der Waals surface area contributed by atoms with Gasteiger partial charge in [0.05, 0.1) is 51.4 Å². The zero-order valence-corrected chi connectivity index (χ0v) is 26.8. The van der Waals surface area contributed by atoms with Crippen molar-refractivity contribution in [2.45, 2.75) is 45.7 Å². The van der Waals surface area contributed by atoms with Crippen molar-refractivity contribution >= 4 is 49.8 Å². The number of fused-ring (bicyclic) bond motifs is 1. The number of benzene rings is 3. The molecule has 3 aromatic carbocycles. The van der Waals surface area contributed by atoms with Gasteiger partial charge in [0.1, 0.15) is 5.76 Å². The van der Waals surface area contributed by atoms with Gasteiger partial charge in [0.2, 0.25) is 5.91 Å². The van der Waals surface area contributed by atoms with Gasteiger partial charge in [0, 0.05) is 16.8 Å². The number of amides is 2. The molecule has 228 valence electrons. The predicted molar refractivity (Wildman–Crippen MR) is 183 cm³/mol.